The molecule has 0 heterocycles. The molecule has 2 aromatic carbocycles. The zero-order chi connectivity index (χ0) is 22.1. The van der Waals surface area contributed by atoms with Crippen LogP contribution in [0.4, 0.5) is 0 Å². The molecule has 1 atom stereocenters. The van der Waals surface area contributed by atoms with Crippen LogP contribution >= 0.6 is 15.9 Å². The summed E-state index contributed by atoms with van der Waals surface area (Å²) in [7, 11) is 5.45. The van der Waals surface area contributed by atoms with E-state index in [4.69, 9.17) is 9.47 Å². The van der Waals surface area contributed by atoms with Crippen molar-refractivity contribution in [1.29, 1.82) is 5.26 Å². The van der Waals surface area contributed by atoms with Gasteiger partial charge in [0.2, 0.25) is 0 Å². The fourth-order valence-corrected chi connectivity index (χ4v) is 4.54. The van der Waals surface area contributed by atoms with Gasteiger partial charge in [-0.05, 0) is 68.1 Å². The van der Waals surface area contributed by atoms with Gasteiger partial charge in [0, 0.05) is 11.0 Å². The highest BCUT2D eigenvalue weighted by molar-refractivity contribution is 9.10. The SMILES string of the molecule is COc1ccc(CCN(C)CCC[C@](C#N)(c2ccccc2Br)C(C)C)cc1OC. The van der Waals surface area contributed by atoms with Gasteiger partial charge in [-0.25, -0.2) is 0 Å². The van der Waals surface area contributed by atoms with E-state index in [1.165, 1.54) is 5.56 Å². The minimum absolute atomic E-state index is 0.235. The minimum Gasteiger partial charge on any atom is -0.493 e. The number of halogens is 1. The lowest BCUT2D eigenvalue weighted by Gasteiger charge is -2.33. The second-order valence-corrected chi connectivity index (χ2v) is 8.92. The van der Waals surface area contributed by atoms with Crippen molar-refractivity contribution in [2.75, 3.05) is 34.4 Å². The molecule has 0 unspecified atom stereocenters. The van der Waals surface area contributed by atoms with Gasteiger partial charge in [0.1, 0.15) is 0 Å². The first-order valence-electron chi connectivity index (χ1n) is 10.4. The Morgan fingerprint density at radius 2 is 1.77 bits per heavy atom. The quantitative estimate of drug-likeness (QED) is 0.412. The predicted octanol–water partition coefficient (Wildman–Crippen LogP) is 5.84. The fourth-order valence-electron chi connectivity index (χ4n) is 3.90. The van der Waals surface area contributed by atoms with Gasteiger partial charge in [0.15, 0.2) is 11.5 Å². The van der Waals surface area contributed by atoms with Gasteiger partial charge in [0.05, 0.1) is 25.7 Å². The Hall–Kier alpha value is -2.03. The number of likely N-dealkylation sites (N-methyl/N-ethyl adjacent to an activating group) is 1. The van der Waals surface area contributed by atoms with Gasteiger partial charge in [0.25, 0.3) is 0 Å². The van der Waals surface area contributed by atoms with Crippen LogP contribution in [-0.4, -0.2) is 39.3 Å². The summed E-state index contributed by atoms with van der Waals surface area (Å²) in [6.45, 7) is 6.19. The highest BCUT2D eigenvalue weighted by atomic mass is 79.9. The average molecular weight is 473 g/mol. The number of rotatable bonds is 11. The van der Waals surface area contributed by atoms with Crippen molar-refractivity contribution in [3.05, 3.63) is 58.1 Å². The summed E-state index contributed by atoms with van der Waals surface area (Å²) in [4.78, 5) is 2.33. The highest BCUT2D eigenvalue weighted by Crippen LogP contribution is 2.40. The standard InChI is InChI=1S/C25H33BrN2O2/c1-19(2)25(18-27,21-9-6-7-10-22(21)26)14-8-15-28(3)16-13-20-11-12-23(29-4)24(17-20)30-5/h6-7,9-12,17,19H,8,13-16H2,1-5H3/t25-/m1/s1. The van der Waals surface area contributed by atoms with Gasteiger partial charge in [-0.2, -0.15) is 5.26 Å². The Morgan fingerprint density at radius 1 is 1.07 bits per heavy atom. The van der Waals surface area contributed by atoms with Crippen molar-refractivity contribution in [3.63, 3.8) is 0 Å². The molecule has 0 amide bonds. The molecule has 4 nitrogen and oxygen atoms in total. The molecular formula is C25H33BrN2O2. The molecule has 0 radical (unpaired) electrons. The Kier molecular flexibility index (Phi) is 9.20. The topological polar surface area (TPSA) is 45.5 Å². The van der Waals surface area contributed by atoms with Crippen LogP contribution < -0.4 is 9.47 Å². The normalized spacial score (nSPS) is 13.2. The molecule has 0 aliphatic carbocycles. The van der Waals surface area contributed by atoms with Crippen molar-refractivity contribution in [2.24, 2.45) is 5.92 Å². The van der Waals surface area contributed by atoms with E-state index in [0.717, 1.165) is 53.9 Å². The lowest BCUT2D eigenvalue weighted by molar-refractivity contribution is 0.293. The summed E-state index contributed by atoms with van der Waals surface area (Å²) in [5.74, 6) is 1.75. The van der Waals surface area contributed by atoms with E-state index in [1.807, 2.05) is 30.3 Å². The Bertz CT molecular complexity index is 862. The number of nitrogens with zero attached hydrogens (tertiary/aromatic N) is 2. The molecule has 162 valence electrons. The molecule has 0 N–H and O–H groups in total. The smallest absolute Gasteiger partial charge is 0.160 e. The molecular weight excluding hydrogens is 440 g/mol. The molecule has 2 rings (SSSR count). The summed E-state index contributed by atoms with van der Waals surface area (Å²) in [6.07, 6.45) is 2.74. The third-order valence-corrected chi connectivity index (χ3v) is 6.57. The number of nitriles is 1. The predicted molar refractivity (Wildman–Crippen MR) is 126 cm³/mol. The van der Waals surface area contributed by atoms with E-state index in [9.17, 15) is 5.26 Å². The van der Waals surface area contributed by atoms with Crippen molar-refractivity contribution in [2.45, 2.75) is 38.5 Å². The van der Waals surface area contributed by atoms with Crippen molar-refractivity contribution in [3.8, 4) is 17.6 Å². The molecule has 0 aliphatic rings. The zero-order valence-electron chi connectivity index (χ0n) is 18.7. The van der Waals surface area contributed by atoms with Crippen molar-refractivity contribution in [1.82, 2.24) is 4.90 Å². The average Bonchev–Trinajstić information content (AvgIpc) is 2.75. The van der Waals surface area contributed by atoms with Crippen LogP contribution in [0.1, 0.15) is 37.8 Å². The van der Waals surface area contributed by atoms with Crippen LogP contribution in [0.5, 0.6) is 11.5 Å². The first-order valence-corrected chi connectivity index (χ1v) is 11.2. The highest BCUT2D eigenvalue weighted by Gasteiger charge is 2.36. The molecule has 0 aliphatic heterocycles. The van der Waals surface area contributed by atoms with Gasteiger partial charge >= 0.3 is 0 Å². The molecule has 0 bridgehead atoms. The van der Waals surface area contributed by atoms with Gasteiger partial charge in [-0.15, -0.1) is 0 Å². The summed E-state index contributed by atoms with van der Waals surface area (Å²) in [6, 6.07) is 16.9. The summed E-state index contributed by atoms with van der Waals surface area (Å²) in [5, 5.41) is 10.1. The Morgan fingerprint density at radius 3 is 2.37 bits per heavy atom. The first-order chi connectivity index (χ1) is 14.4. The summed E-state index contributed by atoms with van der Waals surface area (Å²) in [5.41, 5.74) is 1.83. The lowest BCUT2D eigenvalue weighted by atomic mass is 9.70. The molecule has 0 spiro atoms. The van der Waals surface area contributed by atoms with Crippen LogP contribution in [0.15, 0.2) is 46.9 Å². The maximum atomic E-state index is 10.1. The number of hydrogen-bond acceptors (Lipinski definition) is 4. The number of benzene rings is 2. The van der Waals surface area contributed by atoms with E-state index in [0.29, 0.717) is 0 Å². The van der Waals surface area contributed by atoms with E-state index >= 15 is 0 Å². The maximum Gasteiger partial charge on any atom is 0.160 e. The van der Waals surface area contributed by atoms with E-state index in [-0.39, 0.29) is 5.92 Å². The monoisotopic (exact) mass is 472 g/mol. The molecule has 0 saturated heterocycles. The molecule has 0 aromatic heterocycles. The van der Waals surface area contributed by atoms with Crippen molar-refractivity contribution >= 4 is 15.9 Å². The van der Waals surface area contributed by atoms with Crippen LogP contribution in [0.25, 0.3) is 0 Å². The largest absolute Gasteiger partial charge is 0.493 e. The van der Waals surface area contributed by atoms with E-state index < -0.39 is 5.41 Å². The van der Waals surface area contributed by atoms with Crippen LogP contribution in [-0.2, 0) is 11.8 Å². The van der Waals surface area contributed by atoms with Crippen molar-refractivity contribution < 1.29 is 9.47 Å². The second-order valence-electron chi connectivity index (χ2n) is 8.06. The molecule has 2 aromatic rings. The third kappa shape index (κ3) is 5.77. The number of ether oxygens (including phenoxy) is 2. The molecule has 30 heavy (non-hydrogen) atoms. The van der Waals surface area contributed by atoms with Crippen LogP contribution in [0, 0.1) is 17.2 Å². The van der Waals surface area contributed by atoms with Gasteiger partial charge < -0.3 is 14.4 Å². The van der Waals surface area contributed by atoms with Gasteiger partial charge in [-0.1, -0.05) is 54.0 Å². The summed E-state index contributed by atoms with van der Waals surface area (Å²) < 4.78 is 11.7. The molecule has 0 fully saturated rings. The van der Waals surface area contributed by atoms with Gasteiger partial charge in [-0.3, -0.25) is 0 Å². The fraction of sp³-hybridized carbons (Fsp3) is 0.480. The number of methoxy groups -OCH3 is 2. The second kappa shape index (κ2) is 11.4. The van der Waals surface area contributed by atoms with Crippen LogP contribution in [0.2, 0.25) is 0 Å². The summed E-state index contributed by atoms with van der Waals surface area (Å²) >= 11 is 3.65. The molecule has 0 saturated carbocycles. The molecule has 5 heteroatoms. The van der Waals surface area contributed by atoms with E-state index in [2.05, 4.69) is 59.9 Å². The number of hydrogen-bond donors (Lipinski definition) is 0. The minimum atomic E-state index is -0.482. The maximum absolute atomic E-state index is 10.1. The Balaban J connectivity index is 1.96. The first kappa shape index (κ1) is 24.2. The third-order valence-electron chi connectivity index (χ3n) is 5.88. The van der Waals surface area contributed by atoms with Crippen LogP contribution in [0.3, 0.4) is 0 Å². The van der Waals surface area contributed by atoms with E-state index in [1.54, 1.807) is 14.2 Å². The Labute approximate surface area is 189 Å². The zero-order valence-corrected chi connectivity index (χ0v) is 20.3. The lowest BCUT2D eigenvalue weighted by Crippen LogP contribution is -2.33.